The summed E-state index contributed by atoms with van der Waals surface area (Å²) in [5.41, 5.74) is 1.15. The smallest absolute Gasteiger partial charge is 0.346 e. The largest absolute Gasteiger partial charge is 0.482 e. The average molecular weight is 324 g/mol. The van der Waals surface area contributed by atoms with Crippen molar-refractivity contribution < 1.29 is 19.4 Å². The first-order valence-corrected chi connectivity index (χ1v) is 7.34. The molecule has 21 heavy (non-hydrogen) atoms. The van der Waals surface area contributed by atoms with E-state index in [2.05, 4.69) is 0 Å². The van der Waals surface area contributed by atoms with Gasteiger partial charge in [-0.15, -0.1) is 11.3 Å². The van der Waals surface area contributed by atoms with E-state index in [4.69, 9.17) is 21.4 Å². The van der Waals surface area contributed by atoms with Gasteiger partial charge in [0.1, 0.15) is 10.6 Å². The molecule has 0 unspecified atom stereocenters. The highest BCUT2D eigenvalue weighted by Gasteiger charge is 2.27. The molecule has 2 aromatic rings. The number of carbonyl (C=O) groups excluding carboxylic acids is 1. The topological polar surface area (TPSA) is 66.8 Å². The lowest BCUT2D eigenvalue weighted by Gasteiger charge is -2.29. The number of nitrogens with zero attached hydrogens (tertiary/aromatic N) is 1. The Morgan fingerprint density at radius 1 is 1.43 bits per heavy atom. The first-order valence-electron chi connectivity index (χ1n) is 6.08. The summed E-state index contributed by atoms with van der Waals surface area (Å²) in [6.45, 7) is 0.113. The summed E-state index contributed by atoms with van der Waals surface area (Å²) >= 11 is 7.10. The molecule has 2 heterocycles. The van der Waals surface area contributed by atoms with Crippen LogP contribution in [0.25, 0.3) is 0 Å². The Hall–Kier alpha value is -2.05. The van der Waals surface area contributed by atoms with Crippen LogP contribution in [0.1, 0.15) is 15.2 Å². The van der Waals surface area contributed by atoms with Crippen molar-refractivity contribution in [1.29, 1.82) is 0 Å². The number of hydrogen-bond acceptors (Lipinski definition) is 4. The molecule has 5 nitrogen and oxygen atoms in total. The third kappa shape index (κ3) is 2.59. The second-order valence-electron chi connectivity index (χ2n) is 4.46. The van der Waals surface area contributed by atoms with Gasteiger partial charge in [0.15, 0.2) is 6.61 Å². The van der Waals surface area contributed by atoms with Gasteiger partial charge in [0, 0.05) is 5.02 Å². The first-order chi connectivity index (χ1) is 10.1. The van der Waals surface area contributed by atoms with E-state index in [1.54, 1.807) is 29.6 Å². The fourth-order valence-electron chi connectivity index (χ4n) is 2.17. The van der Waals surface area contributed by atoms with Crippen molar-refractivity contribution >= 4 is 40.5 Å². The van der Waals surface area contributed by atoms with Crippen molar-refractivity contribution in [2.75, 3.05) is 11.5 Å². The van der Waals surface area contributed by atoms with Gasteiger partial charge in [-0.1, -0.05) is 11.6 Å². The molecule has 1 aliphatic heterocycles. The van der Waals surface area contributed by atoms with Crippen LogP contribution in [0.2, 0.25) is 5.02 Å². The number of rotatable bonds is 3. The molecule has 3 rings (SSSR count). The molecule has 0 atom stereocenters. The molecule has 1 amide bonds. The van der Waals surface area contributed by atoms with Gasteiger partial charge in [0.25, 0.3) is 5.91 Å². The summed E-state index contributed by atoms with van der Waals surface area (Å²) in [6.07, 6.45) is 0. The number of carboxylic acids is 1. The lowest BCUT2D eigenvalue weighted by atomic mass is 10.2. The van der Waals surface area contributed by atoms with Gasteiger partial charge in [-0.05, 0) is 35.2 Å². The zero-order chi connectivity index (χ0) is 15.0. The third-order valence-electron chi connectivity index (χ3n) is 3.13. The standard InChI is InChI=1S/C14H10ClNO4S/c15-9-1-2-11-10(5-9)16(12(17)7-20-11)6-8-3-4-21-13(8)14(18)19/h1-5H,6-7H2,(H,18,19). The summed E-state index contributed by atoms with van der Waals surface area (Å²) in [6, 6.07) is 6.73. The maximum Gasteiger partial charge on any atom is 0.346 e. The van der Waals surface area contributed by atoms with E-state index < -0.39 is 5.97 Å². The zero-order valence-corrected chi connectivity index (χ0v) is 12.3. The number of anilines is 1. The van der Waals surface area contributed by atoms with E-state index in [1.807, 2.05) is 0 Å². The number of halogens is 1. The molecular weight excluding hydrogens is 314 g/mol. The minimum Gasteiger partial charge on any atom is -0.482 e. The molecule has 0 aliphatic carbocycles. The summed E-state index contributed by atoms with van der Waals surface area (Å²) < 4.78 is 5.35. The zero-order valence-electron chi connectivity index (χ0n) is 10.7. The molecule has 0 radical (unpaired) electrons. The summed E-state index contributed by atoms with van der Waals surface area (Å²) in [4.78, 5) is 25.0. The normalized spacial score (nSPS) is 13.8. The van der Waals surface area contributed by atoms with Crippen LogP contribution in [0, 0.1) is 0 Å². The second-order valence-corrected chi connectivity index (χ2v) is 5.81. The number of ether oxygens (including phenoxy) is 1. The molecule has 0 spiro atoms. The molecule has 0 saturated heterocycles. The Balaban J connectivity index is 1.98. The van der Waals surface area contributed by atoms with Crippen molar-refractivity contribution in [3.63, 3.8) is 0 Å². The number of benzene rings is 1. The predicted molar refractivity (Wildman–Crippen MR) is 79.4 cm³/mol. The van der Waals surface area contributed by atoms with E-state index in [9.17, 15) is 9.59 Å². The van der Waals surface area contributed by atoms with Crippen molar-refractivity contribution in [3.8, 4) is 5.75 Å². The van der Waals surface area contributed by atoms with E-state index in [0.29, 0.717) is 22.0 Å². The molecule has 1 aliphatic rings. The quantitative estimate of drug-likeness (QED) is 0.942. The summed E-state index contributed by atoms with van der Waals surface area (Å²) in [5.74, 6) is -0.662. The minimum absolute atomic E-state index is 0.0683. The maximum atomic E-state index is 12.1. The summed E-state index contributed by atoms with van der Waals surface area (Å²) in [5, 5.41) is 11.3. The van der Waals surface area contributed by atoms with Crippen LogP contribution in [-0.4, -0.2) is 23.6 Å². The van der Waals surface area contributed by atoms with Crippen LogP contribution in [0.4, 0.5) is 5.69 Å². The van der Waals surface area contributed by atoms with E-state index in [1.165, 1.54) is 4.90 Å². The van der Waals surface area contributed by atoms with Crippen molar-refractivity contribution in [2.24, 2.45) is 0 Å². The summed E-state index contributed by atoms with van der Waals surface area (Å²) in [7, 11) is 0. The maximum absolute atomic E-state index is 12.1. The van der Waals surface area contributed by atoms with E-state index >= 15 is 0 Å². The lowest BCUT2D eigenvalue weighted by Crippen LogP contribution is -2.38. The van der Waals surface area contributed by atoms with E-state index in [0.717, 1.165) is 11.3 Å². The fourth-order valence-corrected chi connectivity index (χ4v) is 3.09. The Bertz CT molecular complexity index is 728. The van der Waals surface area contributed by atoms with Crippen LogP contribution in [0.3, 0.4) is 0 Å². The SMILES string of the molecule is O=C(O)c1sccc1CN1C(=O)COc2ccc(Cl)cc21. The predicted octanol–water partition coefficient (Wildman–Crippen LogP) is 3.03. The molecule has 1 aromatic carbocycles. The average Bonchev–Trinajstić information content (AvgIpc) is 2.90. The number of hydrogen-bond donors (Lipinski definition) is 1. The Morgan fingerprint density at radius 3 is 3.00 bits per heavy atom. The van der Waals surface area contributed by atoms with Gasteiger partial charge in [0.2, 0.25) is 0 Å². The molecule has 0 bridgehead atoms. The van der Waals surface area contributed by atoms with Gasteiger partial charge in [0.05, 0.1) is 12.2 Å². The van der Waals surface area contributed by atoms with Crippen molar-refractivity contribution in [2.45, 2.75) is 6.54 Å². The molecule has 0 saturated carbocycles. The van der Waals surface area contributed by atoms with Crippen molar-refractivity contribution in [3.05, 3.63) is 45.1 Å². The Kier molecular flexibility index (Phi) is 3.57. The van der Waals surface area contributed by atoms with E-state index in [-0.39, 0.29) is 23.9 Å². The highest BCUT2D eigenvalue weighted by atomic mass is 35.5. The number of thiophene rings is 1. The third-order valence-corrected chi connectivity index (χ3v) is 4.31. The number of carboxylic acid groups (broad SMARTS) is 1. The second kappa shape index (κ2) is 5.38. The van der Waals surface area contributed by atoms with Gasteiger partial charge in [-0.2, -0.15) is 0 Å². The molecule has 7 heteroatoms. The van der Waals surface area contributed by atoms with Crippen LogP contribution < -0.4 is 9.64 Å². The molecular formula is C14H10ClNO4S. The number of fused-ring (bicyclic) bond motifs is 1. The van der Waals surface area contributed by atoms with Crippen LogP contribution in [0.15, 0.2) is 29.6 Å². The van der Waals surface area contributed by atoms with Crippen LogP contribution in [0.5, 0.6) is 5.75 Å². The molecule has 1 N–H and O–H groups in total. The number of carbonyl (C=O) groups is 2. The first kappa shape index (κ1) is 13.9. The number of amides is 1. The molecule has 0 fully saturated rings. The van der Waals surface area contributed by atoms with Crippen LogP contribution >= 0.6 is 22.9 Å². The fraction of sp³-hybridized carbons (Fsp3) is 0.143. The monoisotopic (exact) mass is 323 g/mol. The lowest BCUT2D eigenvalue weighted by molar-refractivity contribution is -0.121. The highest BCUT2D eigenvalue weighted by molar-refractivity contribution is 7.12. The van der Waals surface area contributed by atoms with Gasteiger partial charge >= 0.3 is 5.97 Å². The minimum atomic E-state index is -0.993. The van der Waals surface area contributed by atoms with Gasteiger partial charge in [-0.3, -0.25) is 4.79 Å². The Morgan fingerprint density at radius 2 is 2.24 bits per heavy atom. The van der Waals surface area contributed by atoms with Crippen LogP contribution in [-0.2, 0) is 11.3 Å². The Labute approximate surface area is 129 Å². The van der Waals surface area contributed by atoms with Gasteiger partial charge in [-0.25, -0.2) is 4.79 Å². The molecule has 108 valence electrons. The van der Waals surface area contributed by atoms with Gasteiger partial charge < -0.3 is 14.7 Å². The highest BCUT2D eigenvalue weighted by Crippen LogP contribution is 2.35. The molecule has 1 aromatic heterocycles. The van der Waals surface area contributed by atoms with Crippen molar-refractivity contribution in [1.82, 2.24) is 0 Å². The number of aromatic carboxylic acids is 1.